The number of hydrogen-bond donors (Lipinski definition) is 0. The molecule has 9 heteroatoms. The van der Waals surface area contributed by atoms with Gasteiger partial charge >= 0.3 is 12.1 Å². The molecule has 3 rings (SSSR count). The van der Waals surface area contributed by atoms with E-state index >= 15 is 0 Å². The van der Waals surface area contributed by atoms with Crippen LogP contribution < -0.4 is 0 Å². The van der Waals surface area contributed by atoms with Crippen LogP contribution in [0.15, 0.2) is 35.5 Å². The number of nitrogens with zero attached hydrogens (tertiary/aromatic N) is 1. The van der Waals surface area contributed by atoms with Gasteiger partial charge in [-0.25, -0.2) is 4.98 Å². The van der Waals surface area contributed by atoms with E-state index in [9.17, 15) is 27.0 Å². The minimum Gasteiger partial charge on any atom is -0.461 e. The lowest BCUT2D eigenvalue weighted by Gasteiger charge is -2.32. The molecular weight excluding hydrogens is 443 g/mol. The lowest BCUT2D eigenvalue weighted by atomic mass is 9.82. The molecule has 5 nitrogen and oxygen atoms in total. The third-order valence-electron chi connectivity index (χ3n) is 5.60. The van der Waals surface area contributed by atoms with Crippen molar-refractivity contribution >= 4 is 22.6 Å². The highest BCUT2D eigenvalue weighted by atomic mass is 32.2. The second-order valence-corrected chi connectivity index (χ2v) is 9.71. The van der Waals surface area contributed by atoms with Crippen molar-refractivity contribution in [1.82, 2.24) is 4.98 Å². The van der Waals surface area contributed by atoms with E-state index in [0.29, 0.717) is 11.8 Å². The van der Waals surface area contributed by atoms with Crippen LogP contribution in [0.5, 0.6) is 0 Å². The maximum absolute atomic E-state index is 12.9. The van der Waals surface area contributed by atoms with Crippen molar-refractivity contribution in [3.63, 3.8) is 0 Å². The molecule has 0 spiro atoms. The largest absolute Gasteiger partial charge is 0.461 e. The Bertz CT molecular complexity index is 1020. The van der Waals surface area contributed by atoms with Crippen LogP contribution in [-0.4, -0.2) is 32.8 Å². The molecule has 2 heterocycles. The van der Waals surface area contributed by atoms with E-state index in [0.717, 1.165) is 28.8 Å². The first-order valence-corrected chi connectivity index (χ1v) is 11.4. The summed E-state index contributed by atoms with van der Waals surface area (Å²) in [5.74, 6) is -2.33. The maximum Gasteiger partial charge on any atom is 0.417 e. The molecule has 172 valence electrons. The van der Waals surface area contributed by atoms with Gasteiger partial charge in [0.05, 0.1) is 16.4 Å². The van der Waals surface area contributed by atoms with E-state index in [1.807, 2.05) is 32.9 Å². The summed E-state index contributed by atoms with van der Waals surface area (Å²) in [6, 6.07) is 5.73. The van der Waals surface area contributed by atoms with Gasteiger partial charge in [-0.2, -0.15) is 13.2 Å². The Morgan fingerprint density at radius 2 is 1.78 bits per heavy atom. The fraction of sp³-hybridized carbons (Fsp3) is 0.435. The average molecular weight is 468 g/mol. The molecule has 32 heavy (non-hydrogen) atoms. The van der Waals surface area contributed by atoms with E-state index in [2.05, 4.69) is 4.98 Å². The quantitative estimate of drug-likeness (QED) is 0.480. The smallest absolute Gasteiger partial charge is 0.417 e. The molecule has 0 amide bonds. The second-order valence-electron chi connectivity index (χ2n) is 8.26. The van der Waals surface area contributed by atoms with Crippen LogP contribution in [0.2, 0.25) is 0 Å². The van der Waals surface area contributed by atoms with Crippen LogP contribution in [0.3, 0.4) is 0 Å². The minimum absolute atomic E-state index is 0.00194. The minimum atomic E-state index is -4.53. The lowest BCUT2D eigenvalue weighted by molar-refractivity contribution is -0.162. The number of esters is 1. The molecule has 2 aromatic rings. The van der Waals surface area contributed by atoms with Gasteiger partial charge in [-0.05, 0) is 49.6 Å². The Kier molecular flexibility index (Phi) is 6.88. The standard InChI is InChI=1S/C23H24F3NO4S/c1-12-7-13(2)20(14(3)8-12)21-17(28)9-18(31-22(21)29)15(4)11-32(30)19-6-5-16(10-27-19)23(24,25)26/h5-8,10,15,18,21H,9,11H2,1-4H3. The Hall–Kier alpha value is -2.55. The number of ketones is 1. The summed E-state index contributed by atoms with van der Waals surface area (Å²) in [6.07, 6.45) is -4.65. The number of alkyl halides is 3. The van der Waals surface area contributed by atoms with Crippen molar-refractivity contribution in [3.8, 4) is 0 Å². The summed E-state index contributed by atoms with van der Waals surface area (Å²) in [6.45, 7) is 7.33. The summed E-state index contributed by atoms with van der Waals surface area (Å²) in [7, 11) is -1.71. The second kappa shape index (κ2) is 9.13. The first kappa shape index (κ1) is 24.1. The molecule has 1 saturated heterocycles. The van der Waals surface area contributed by atoms with E-state index in [-0.39, 0.29) is 23.0 Å². The van der Waals surface area contributed by atoms with Crippen LogP contribution in [0, 0.1) is 26.7 Å². The summed E-state index contributed by atoms with van der Waals surface area (Å²) in [5.41, 5.74) is 2.46. The predicted octanol–water partition coefficient (Wildman–Crippen LogP) is 4.44. The lowest BCUT2D eigenvalue weighted by Crippen LogP contribution is -2.41. The number of carbonyl (C=O) groups excluding carboxylic acids is 2. The van der Waals surface area contributed by atoms with Crippen LogP contribution >= 0.6 is 0 Å². The normalized spacial score (nSPS) is 21.2. The number of rotatable bonds is 5. The Balaban J connectivity index is 1.70. The number of hydrogen-bond acceptors (Lipinski definition) is 5. The molecule has 4 unspecified atom stereocenters. The highest BCUT2D eigenvalue weighted by molar-refractivity contribution is 7.84. The molecule has 1 fully saturated rings. The van der Waals surface area contributed by atoms with Crippen LogP contribution in [0.1, 0.15) is 47.1 Å². The van der Waals surface area contributed by atoms with Gasteiger partial charge in [0.25, 0.3) is 0 Å². The van der Waals surface area contributed by atoms with Crippen molar-refractivity contribution in [2.24, 2.45) is 5.92 Å². The van der Waals surface area contributed by atoms with Gasteiger partial charge in [-0.15, -0.1) is 0 Å². The van der Waals surface area contributed by atoms with E-state index in [4.69, 9.17) is 4.74 Å². The highest BCUT2D eigenvalue weighted by Gasteiger charge is 2.41. The first-order chi connectivity index (χ1) is 14.9. The zero-order valence-electron chi connectivity index (χ0n) is 18.2. The molecular formula is C23H24F3NO4S. The van der Waals surface area contributed by atoms with Gasteiger partial charge in [0.15, 0.2) is 5.78 Å². The molecule has 1 aromatic heterocycles. The molecule has 1 aromatic carbocycles. The number of cyclic esters (lactones) is 1. The molecule has 0 radical (unpaired) electrons. The van der Waals surface area contributed by atoms with Gasteiger partial charge in [0.2, 0.25) is 0 Å². The topological polar surface area (TPSA) is 73.3 Å². The molecule has 0 aliphatic carbocycles. The predicted molar refractivity (Wildman–Crippen MR) is 113 cm³/mol. The van der Waals surface area contributed by atoms with Gasteiger partial charge < -0.3 is 4.74 Å². The van der Waals surface area contributed by atoms with Crippen molar-refractivity contribution in [2.45, 2.75) is 57.3 Å². The third kappa shape index (κ3) is 5.09. The van der Waals surface area contributed by atoms with Crippen molar-refractivity contribution < 1.29 is 31.7 Å². The number of halogens is 3. The van der Waals surface area contributed by atoms with Gasteiger partial charge in [-0.3, -0.25) is 13.8 Å². The Morgan fingerprint density at radius 3 is 2.28 bits per heavy atom. The number of pyridine rings is 1. The molecule has 4 atom stereocenters. The third-order valence-corrected chi connectivity index (χ3v) is 7.14. The van der Waals surface area contributed by atoms with Crippen LogP contribution in [-0.2, 0) is 31.3 Å². The Labute approximate surface area is 186 Å². The van der Waals surface area contributed by atoms with Gasteiger partial charge in [0.1, 0.15) is 17.0 Å². The number of carbonyl (C=O) groups is 2. The number of ether oxygens (including phenoxy) is 1. The molecule has 1 aliphatic rings. The molecule has 1 aliphatic heterocycles. The first-order valence-electron chi connectivity index (χ1n) is 10.1. The SMILES string of the molecule is Cc1cc(C)c(C2C(=O)CC(C(C)CS(=O)c3ccc(C(F)(F)F)cn3)OC2=O)c(C)c1. The van der Waals surface area contributed by atoms with Crippen molar-refractivity contribution in [3.05, 3.63) is 58.3 Å². The van der Waals surface area contributed by atoms with E-state index in [1.54, 1.807) is 6.92 Å². The fourth-order valence-electron chi connectivity index (χ4n) is 4.06. The van der Waals surface area contributed by atoms with Crippen LogP contribution in [0.25, 0.3) is 0 Å². The summed E-state index contributed by atoms with van der Waals surface area (Å²) >= 11 is 0. The zero-order valence-corrected chi connectivity index (χ0v) is 19.0. The number of benzene rings is 1. The fourth-order valence-corrected chi connectivity index (χ4v) is 5.32. The van der Waals surface area contributed by atoms with Crippen LogP contribution in [0.4, 0.5) is 13.2 Å². The van der Waals surface area contributed by atoms with Crippen molar-refractivity contribution in [2.75, 3.05) is 5.75 Å². The molecule has 0 bridgehead atoms. The summed E-state index contributed by atoms with van der Waals surface area (Å²) < 4.78 is 56.2. The number of aromatic nitrogens is 1. The Morgan fingerprint density at radius 1 is 1.16 bits per heavy atom. The molecule has 0 N–H and O–H groups in total. The highest BCUT2D eigenvalue weighted by Crippen LogP contribution is 2.34. The summed E-state index contributed by atoms with van der Waals surface area (Å²) in [5, 5.41) is 0.00194. The molecule has 0 saturated carbocycles. The van der Waals surface area contributed by atoms with Gasteiger partial charge in [0, 0.05) is 24.3 Å². The average Bonchev–Trinajstić information content (AvgIpc) is 2.68. The zero-order chi connectivity index (χ0) is 23.8. The maximum atomic E-state index is 12.9. The monoisotopic (exact) mass is 467 g/mol. The number of aryl methyl sites for hydroxylation is 3. The summed E-state index contributed by atoms with van der Waals surface area (Å²) in [4.78, 5) is 29.3. The number of Topliss-reactive ketones (excluding diaryl/α,β-unsaturated/α-hetero) is 1. The van der Waals surface area contributed by atoms with Crippen molar-refractivity contribution in [1.29, 1.82) is 0 Å². The van der Waals surface area contributed by atoms with E-state index in [1.165, 1.54) is 0 Å². The van der Waals surface area contributed by atoms with Gasteiger partial charge in [-0.1, -0.05) is 24.6 Å². The van der Waals surface area contributed by atoms with E-state index < -0.39 is 46.4 Å².